The second kappa shape index (κ2) is 6.28. The molecule has 0 heterocycles. The van der Waals surface area contributed by atoms with E-state index in [9.17, 15) is 5.26 Å². The number of nitrogens with zero attached hydrogens (tertiary/aromatic N) is 1. The van der Waals surface area contributed by atoms with Gasteiger partial charge in [0.15, 0.2) is 5.76 Å². The monoisotopic (exact) mass is 287 g/mol. The highest BCUT2D eigenvalue weighted by Gasteiger charge is 2.39. The van der Waals surface area contributed by atoms with Crippen molar-refractivity contribution in [2.24, 2.45) is 0 Å². The number of nitriles is 1. The highest BCUT2D eigenvalue weighted by Crippen LogP contribution is 2.38. The maximum absolute atomic E-state index is 9.33. The van der Waals surface area contributed by atoms with Crippen LogP contribution in [-0.2, 0) is 4.43 Å². The Morgan fingerprint density at radius 2 is 1.80 bits per heavy atom. The van der Waals surface area contributed by atoms with Crippen LogP contribution in [0.4, 0.5) is 0 Å². The van der Waals surface area contributed by atoms with Crippen molar-refractivity contribution in [2.45, 2.75) is 51.7 Å². The van der Waals surface area contributed by atoms with Crippen LogP contribution >= 0.6 is 0 Å². The first-order valence-corrected chi connectivity index (χ1v) is 9.94. The molecule has 20 heavy (non-hydrogen) atoms. The molecule has 1 unspecified atom stereocenters. The second-order valence-electron chi connectivity index (χ2n) is 6.70. The highest BCUT2D eigenvalue weighted by atomic mass is 28.4. The van der Waals surface area contributed by atoms with Crippen LogP contribution in [0.25, 0.3) is 0 Å². The molecule has 0 fully saturated rings. The fraction of sp³-hybridized carbons (Fsp3) is 0.471. The van der Waals surface area contributed by atoms with E-state index < -0.39 is 8.32 Å². The molecule has 0 N–H and O–H groups in total. The first-order valence-electron chi connectivity index (χ1n) is 7.03. The average molecular weight is 287 g/mol. The molecule has 1 aromatic rings. The summed E-state index contributed by atoms with van der Waals surface area (Å²) in [7, 11) is -1.95. The van der Waals surface area contributed by atoms with E-state index in [0.717, 1.165) is 0 Å². The quantitative estimate of drug-likeness (QED) is 0.432. The van der Waals surface area contributed by atoms with Gasteiger partial charge in [0.05, 0.1) is 0 Å². The molecular weight excluding hydrogens is 262 g/mol. The second-order valence-corrected chi connectivity index (χ2v) is 11.4. The van der Waals surface area contributed by atoms with Crippen molar-refractivity contribution < 1.29 is 4.43 Å². The molecule has 0 aromatic heterocycles. The van der Waals surface area contributed by atoms with E-state index in [1.165, 1.54) is 5.56 Å². The number of rotatable bonds is 4. The summed E-state index contributed by atoms with van der Waals surface area (Å²) in [5.74, 6) is 0.628. The SMILES string of the molecule is CC(/C=C(\C#N)O[Si](C)(C)C(C)(C)C)c1ccccc1. The molecule has 0 aliphatic rings. The Bertz CT molecular complexity index is 506. The Balaban J connectivity index is 2.92. The normalized spacial score (nSPS) is 14.6. The summed E-state index contributed by atoms with van der Waals surface area (Å²) in [5, 5.41) is 9.43. The molecule has 108 valence electrons. The fourth-order valence-corrected chi connectivity index (χ4v) is 2.57. The fourth-order valence-electron chi connectivity index (χ4n) is 1.60. The molecule has 0 saturated heterocycles. The minimum atomic E-state index is -1.95. The Morgan fingerprint density at radius 1 is 1.25 bits per heavy atom. The number of allylic oxidation sites excluding steroid dienone is 2. The van der Waals surface area contributed by atoms with Crippen molar-refractivity contribution in [3.05, 3.63) is 47.7 Å². The number of hydrogen-bond donors (Lipinski definition) is 0. The van der Waals surface area contributed by atoms with Gasteiger partial charge in [-0.2, -0.15) is 5.26 Å². The smallest absolute Gasteiger partial charge is 0.251 e. The van der Waals surface area contributed by atoms with Crippen molar-refractivity contribution in [1.29, 1.82) is 5.26 Å². The van der Waals surface area contributed by atoms with E-state index in [1.807, 2.05) is 24.3 Å². The molecule has 1 atom stereocenters. The van der Waals surface area contributed by atoms with Crippen LogP contribution in [0.1, 0.15) is 39.2 Å². The Kier molecular flexibility index (Phi) is 5.19. The molecule has 1 aromatic carbocycles. The van der Waals surface area contributed by atoms with Crippen LogP contribution in [0, 0.1) is 11.3 Å². The molecule has 0 bridgehead atoms. The zero-order chi connectivity index (χ0) is 15.4. The molecule has 0 amide bonds. The molecule has 0 radical (unpaired) electrons. The minimum Gasteiger partial charge on any atom is -0.537 e. The molecule has 0 aliphatic heterocycles. The van der Waals surface area contributed by atoms with Gasteiger partial charge in [0.1, 0.15) is 6.07 Å². The van der Waals surface area contributed by atoms with Gasteiger partial charge < -0.3 is 4.43 Å². The Hall–Kier alpha value is -1.53. The largest absolute Gasteiger partial charge is 0.537 e. The van der Waals surface area contributed by atoms with Crippen molar-refractivity contribution >= 4 is 8.32 Å². The molecular formula is C17H25NOSi. The van der Waals surface area contributed by atoms with Gasteiger partial charge in [0, 0.05) is 5.92 Å². The Labute approximate surface area is 124 Å². The van der Waals surface area contributed by atoms with Crippen molar-refractivity contribution in [2.75, 3.05) is 0 Å². The van der Waals surface area contributed by atoms with Gasteiger partial charge in [-0.05, 0) is 29.8 Å². The van der Waals surface area contributed by atoms with Crippen LogP contribution in [0.15, 0.2) is 42.2 Å². The third kappa shape index (κ3) is 4.24. The summed E-state index contributed by atoms with van der Waals surface area (Å²) in [5.41, 5.74) is 1.19. The molecule has 2 nitrogen and oxygen atoms in total. The summed E-state index contributed by atoms with van der Waals surface area (Å²) in [4.78, 5) is 0. The molecule has 0 saturated carbocycles. The zero-order valence-electron chi connectivity index (χ0n) is 13.4. The summed E-state index contributed by atoms with van der Waals surface area (Å²) >= 11 is 0. The molecule has 1 rings (SSSR count). The van der Waals surface area contributed by atoms with Crippen LogP contribution in [-0.4, -0.2) is 8.32 Å². The lowest BCUT2D eigenvalue weighted by molar-refractivity contribution is 0.400. The molecule has 0 spiro atoms. The first kappa shape index (κ1) is 16.5. The van der Waals surface area contributed by atoms with Crippen LogP contribution in [0.2, 0.25) is 18.1 Å². The third-order valence-electron chi connectivity index (χ3n) is 4.01. The summed E-state index contributed by atoms with van der Waals surface area (Å²) in [6, 6.07) is 12.4. The zero-order valence-corrected chi connectivity index (χ0v) is 14.4. The van der Waals surface area contributed by atoms with Gasteiger partial charge in [-0.1, -0.05) is 58.0 Å². The summed E-state index contributed by atoms with van der Waals surface area (Å²) in [6.07, 6.45) is 1.93. The van der Waals surface area contributed by atoms with E-state index in [2.05, 4.69) is 59.0 Å². The maximum atomic E-state index is 9.33. The van der Waals surface area contributed by atoms with Gasteiger partial charge in [-0.3, -0.25) is 0 Å². The van der Waals surface area contributed by atoms with Gasteiger partial charge >= 0.3 is 0 Å². The van der Waals surface area contributed by atoms with Crippen molar-refractivity contribution in [3.63, 3.8) is 0 Å². The van der Waals surface area contributed by atoms with Crippen molar-refractivity contribution in [1.82, 2.24) is 0 Å². The van der Waals surface area contributed by atoms with E-state index in [4.69, 9.17) is 4.43 Å². The average Bonchev–Trinajstić information content (AvgIpc) is 2.37. The Morgan fingerprint density at radius 3 is 2.25 bits per heavy atom. The van der Waals surface area contributed by atoms with E-state index in [0.29, 0.717) is 5.76 Å². The van der Waals surface area contributed by atoms with E-state index >= 15 is 0 Å². The topological polar surface area (TPSA) is 33.0 Å². The third-order valence-corrected chi connectivity index (χ3v) is 8.35. The lowest BCUT2D eigenvalue weighted by atomic mass is 10.0. The van der Waals surface area contributed by atoms with E-state index in [1.54, 1.807) is 0 Å². The molecule has 3 heteroatoms. The lowest BCUT2D eigenvalue weighted by Gasteiger charge is -2.36. The lowest BCUT2D eigenvalue weighted by Crippen LogP contribution is -2.40. The summed E-state index contributed by atoms with van der Waals surface area (Å²) in [6.45, 7) is 12.9. The van der Waals surface area contributed by atoms with Crippen LogP contribution in [0.5, 0.6) is 0 Å². The van der Waals surface area contributed by atoms with Gasteiger partial charge in [-0.25, -0.2) is 0 Å². The van der Waals surface area contributed by atoms with Gasteiger partial charge in [-0.15, -0.1) is 0 Å². The summed E-state index contributed by atoms with van der Waals surface area (Å²) < 4.78 is 6.08. The standard InChI is InChI=1S/C17H25NOSi/c1-14(15-10-8-7-9-11-15)12-16(13-18)19-20(5,6)17(2,3)4/h7-12,14H,1-6H3/b16-12+. The molecule has 0 aliphatic carbocycles. The maximum Gasteiger partial charge on any atom is 0.251 e. The van der Waals surface area contributed by atoms with Crippen LogP contribution < -0.4 is 0 Å². The highest BCUT2D eigenvalue weighted by molar-refractivity contribution is 6.74. The predicted octanol–water partition coefficient (Wildman–Crippen LogP) is 5.22. The first-order chi connectivity index (χ1) is 9.17. The van der Waals surface area contributed by atoms with Gasteiger partial charge in [0.2, 0.25) is 0 Å². The number of hydrogen-bond acceptors (Lipinski definition) is 2. The van der Waals surface area contributed by atoms with E-state index in [-0.39, 0.29) is 11.0 Å². The van der Waals surface area contributed by atoms with Crippen LogP contribution in [0.3, 0.4) is 0 Å². The minimum absolute atomic E-state index is 0.0962. The number of benzene rings is 1. The van der Waals surface area contributed by atoms with Gasteiger partial charge in [0.25, 0.3) is 8.32 Å². The predicted molar refractivity (Wildman–Crippen MR) is 86.8 cm³/mol. The van der Waals surface area contributed by atoms with Crippen molar-refractivity contribution in [3.8, 4) is 6.07 Å².